The van der Waals surface area contributed by atoms with Crippen molar-refractivity contribution < 1.29 is 13.9 Å². The van der Waals surface area contributed by atoms with E-state index in [0.717, 1.165) is 18.2 Å². The summed E-state index contributed by atoms with van der Waals surface area (Å²) in [5.41, 5.74) is 0.628. The second-order valence-corrected chi connectivity index (χ2v) is 6.23. The minimum absolute atomic E-state index is 0.0648. The minimum atomic E-state index is -0.441. The number of ether oxygens (including phenoxy) is 1. The highest BCUT2D eigenvalue weighted by Crippen LogP contribution is 2.20. The van der Waals surface area contributed by atoms with Crippen LogP contribution in [-0.4, -0.2) is 49.1 Å². The lowest BCUT2D eigenvalue weighted by Gasteiger charge is -2.34. The third-order valence-electron chi connectivity index (χ3n) is 3.88. The Bertz CT molecular complexity index is 725. The van der Waals surface area contributed by atoms with Crippen molar-refractivity contribution in [2.75, 3.05) is 38.2 Å². The topological polar surface area (TPSA) is 45.7 Å². The van der Waals surface area contributed by atoms with Gasteiger partial charge in [-0.3, -0.25) is 4.79 Å². The molecule has 0 aliphatic carbocycles. The number of hydrogen-bond donors (Lipinski definition) is 0. The van der Waals surface area contributed by atoms with Crippen molar-refractivity contribution in [1.29, 1.82) is 0 Å². The quantitative estimate of drug-likeness (QED) is 0.798. The molecule has 0 spiro atoms. The van der Waals surface area contributed by atoms with Gasteiger partial charge in [0.2, 0.25) is 5.91 Å². The van der Waals surface area contributed by atoms with Crippen molar-refractivity contribution in [2.24, 2.45) is 0 Å². The Balaban J connectivity index is 1.56. The van der Waals surface area contributed by atoms with Gasteiger partial charge in [-0.2, -0.15) is 0 Å². The fraction of sp³-hybridized carbons (Fsp3) is 0.294. The van der Waals surface area contributed by atoms with E-state index in [9.17, 15) is 9.18 Å². The van der Waals surface area contributed by atoms with Gasteiger partial charge in [0.1, 0.15) is 0 Å². The second-order valence-electron chi connectivity index (χ2n) is 5.35. The summed E-state index contributed by atoms with van der Waals surface area (Å²) >= 11 is 1.60. The second kappa shape index (κ2) is 7.44. The first-order valence-corrected chi connectivity index (χ1v) is 8.50. The minimum Gasteiger partial charge on any atom is -0.494 e. The Morgan fingerprint density at radius 2 is 2.12 bits per heavy atom. The molecular formula is C17H18FN3O2S. The molecule has 2 aromatic rings. The van der Waals surface area contributed by atoms with Crippen LogP contribution < -0.4 is 9.64 Å². The molecule has 1 saturated heterocycles. The summed E-state index contributed by atoms with van der Waals surface area (Å²) in [6.45, 7) is 2.84. The Hall–Kier alpha value is -2.41. The Morgan fingerprint density at radius 3 is 2.75 bits per heavy atom. The highest BCUT2D eigenvalue weighted by Gasteiger charge is 2.20. The first-order valence-electron chi connectivity index (χ1n) is 7.62. The van der Waals surface area contributed by atoms with Crippen molar-refractivity contribution in [1.82, 2.24) is 9.88 Å². The monoisotopic (exact) mass is 347 g/mol. The lowest BCUT2D eigenvalue weighted by atomic mass is 10.2. The molecule has 1 aromatic heterocycles. The molecule has 0 saturated carbocycles. The van der Waals surface area contributed by atoms with E-state index in [1.807, 2.05) is 5.38 Å². The highest BCUT2D eigenvalue weighted by molar-refractivity contribution is 7.13. The SMILES string of the molecule is COc1ccc(/C=C/C(=O)N2CCN(c3nccs3)CC2)cc1F. The zero-order valence-corrected chi connectivity index (χ0v) is 14.1. The molecule has 0 unspecified atom stereocenters. The number of rotatable bonds is 4. The van der Waals surface area contributed by atoms with Crippen molar-refractivity contribution in [3.05, 3.63) is 47.2 Å². The maximum atomic E-state index is 13.6. The summed E-state index contributed by atoms with van der Waals surface area (Å²) in [4.78, 5) is 20.5. The number of anilines is 1. The van der Waals surface area contributed by atoms with Crippen LogP contribution in [-0.2, 0) is 4.79 Å². The van der Waals surface area contributed by atoms with E-state index >= 15 is 0 Å². The predicted octanol–water partition coefficient (Wildman–Crippen LogP) is 2.65. The number of methoxy groups -OCH3 is 1. The maximum Gasteiger partial charge on any atom is 0.246 e. The number of benzene rings is 1. The number of aromatic nitrogens is 1. The van der Waals surface area contributed by atoms with Crippen LogP contribution in [0.3, 0.4) is 0 Å². The van der Waals surface area contributed by atoms with Crippen LogP contribution in [0.5, 0.6) is 5.75 Å². The van der Waals surface area contributed by atoms with Crippen LogP contribution in [0.2, 0.25) is 0 Å². The molecule has 5 nitrogen and oxygen atoms in total. The first kappa shape index (κ1) is 16.4. The molecule has 1 fully saturated rings. The largest absolute Gasteiger partial charge is 0.494 e. The molecule has 0 radical (unpaired) electrons. The van der Waals surface area contributed by atoms with E-state index in [1.165, 1.54) is 19.3 Å². The summed E-state index contributed by atoms with van der Waals surface area (Å²) < 4.78 is 18.5. The number of thiazole rings is 1. The standard InChI is InChI=1S/C17H18FN3O2S/c1-23-15-4-2-13(12-14(15)18)3-5-16(22)20-7-9-21(10-8-20)17-19-6-11-24-17/h2-6,11-12H,7-10H2,1H3/b5-3+. The number of carbonyl (C=O) groups excluding carboxylic acids is 1. The van der Waals surface area contributed by atoms with Crippen LogP contribution in [0.1, 0.15) is 5.56 Å². The molecule has 1 amide bonds. The van der Waals surface area contributed by atoms with Crippen molar-refractivity contribution in [2.45, 2.75) is 0 Å². The van der Waals surface area contributed by atoms with E-state index in [2.05, 4.69) is 9.88 Å². The normalized spacial score (nSPS) is 15.1. The molecule has 1 aliphatic rings. The molecule has 0 N–H and O–H groups in total. The fourth-order valence-corrected chi connectivity index (χ4v) is 3.25. The Labute approximate surface area is 144 Å². The third kappa shape index (κ3) is 3.73. The average molecular weight is 347 g/mol. The van der Waals surface area contributed by atoms with E-state index in [1.54, 1.807) is 40.6 Å². The Morgan fingerprint density at radius 1 is 1.33 bits per heavy atom. The van der Waals surface area contributed by atoms with E-state index < -0.39 is 5.82 Å². The van der Waals surface area contributed by atoms with Gasteiger partial charge in [-0.25, -0.2) is 9.37 Å². The van der Waals surface area contributed by atoms with Gasteiger partial charge in [0.05, 0.1) is 7.11 Å². The van der Waals surface area contributed by atoms with Gasteiger partial charge in [0.15, 0.2) is 16.7 Å². The van der Waals surface area contributed by atoms with Gasteiger partial charge in [-0.1, -0.05) is 6.07 Å². The van der Waals surface area contributed by atoms with Gasteiger partial charge in [0.25, 0.3) is 0 Å². The predicted molar refractivity (Wildman–Crippen MR) is 92.9 cm³/mol. The summed E-state index contributed by atoms with van der Waals surface area (Å²) in [5.74, 6) is -0.314. The van der Waals surface area contributed by atoms with Crippen LogP contribution in [0, 0.1) is 5.82 Å². The van der Waals surface area contributed by atoms with Gasteiger partial charge >= 0.3 is 0 Å². The molecule has 2 heterocycles. The maximum absolute atomic E-state index is 13.6. The highest BCUT2D eigenvalue weighted by atomic mass is 32.1. The fourth-order valence-electron chi connectivity index (χ4n) is 2.55. The molecule has 0 atom stereocenters. The van der Waals surface area contributed by atoms with Gasteiger partial charge in [-0.15, -0.1) is 11.3 Å². The molecule has 3 rings (SSSR count). The molecule has 1 aliphatic heterocycles. The number of halogens is 1. The van der Waals surface area contributed by atoms with Crippen LogP contribution in [0.15, 0.2) is 35.9 Å². The van der Waals surface area contributed by atoms with E-state index in [0.29, 0.717) is 18.7 Å². The lowest BCUT2D eigenvalue weighted by Crippen LogP contribution is -2.48. The molecule has 1 aromatic carbocycles. The Kier molecular flexibility index (Phi) is 5.10. The molecule has 7 heteroatoms. The smallest absolute Gasteiger partial charge is 0.246 e. The summed E-state index contributed by atoms with van der Waals surface area (Å²) in [7, 11) is 1.42. The molecule has 24 heavy (non-hydrogen) atoms. The van der Waals surface area contributed by atoms with Crippen LogP contribution in [0.4, 0.5) is 9.52 Å². The summed E-state index contributed by atoms with van der Waals surface area (Å²) in [6, 6.07) is 4.61. The number of hydrogen-bond acceptors (Lipinski definition) is 5. The number of amides is 1. The van der Waals surface area contributed by atoms with Crippen molar-refractivity contribution >= 4 is 28.5 Å². The van der Waals surface area contributed by atoms with Gasteiger partial charge < -0.3 is 14.5 Å². The number of piperazine rings is 1. The number of nitrogens with zero attached hydrogens (tertiary/aromatic N) is 3. The van der Waals surface area contributed by atoms with E-state index in [-0.39, 0.29) is 11.7 Å². The average Bonchev–Trinajstić information content (AvgIpc) is 3.14. The number of carbonyl (C=O) groups is 1. The zero-order chi connectivity index (χ0) is 16.9. The lowest BCUT2D eigenvalue weighted by molar-refractivity contribution is -0.126. The molecular weight excluding hydrogens is 329 g/mol. The molecule has 0 bridgehead atoms. The van der Waals surface area contributed by atoms with Crippen molar-refractivity contribution in [3.8, 4) is 5.75 Å². The van der Waals surface area contributed by atoms with Gasteiger partial charge in [-0.05, 0) is 23.8 Å². The third-order valence-corrected chi connectivity index (χ3v) is 4.71. The zero-order valence-electron chi connectivity index (χ0n) is 13.3. The molecule has 126 valence electrons. The van der Waals surface area contributed by atoms with Crippen LogP contribution in [0.25, 0.3) is 6.08 Å². The van der Waals surface area contributed by atoms with Gasteiger partial charge in [0, 0.05) is 43.8 Å². The summed E-state index contributed by atoms with van der Waals surface area (Å²) in [5, 5.41) is 2.94. The van der Waals surface area contributed by atoms with Crippen molar-refractivity contribution in [3.63, 3.8) is 0 Å². The summed E-state index contributed by atoms with van der Waals surface area (Å²) in [6.07, 6.45) is 4.90. The van der Waals surface area contributed by atoms with Crippen LogP contribution >= 0.6 is 11.3 Å². The first-order chi connectivity index (χ1) is 11.7. The van der Waals surface area contributed by atoms with E-state index in [4.69, 9.17) is 4.74 Å².